The SMILES string of the molecule is CCc1cc(C2CCN(c3ncnc(Nc4ccc(S(C)(=O)=O)cc4F)c3[N+](=O)[O-])CC2)n[nH]1. The second-order valence-electron chi connectivity index (χ2n) is 8.12. The third-order valence-corrected chi connectivity index (χ3v) is 6.96. The van der Waals surface area contributed by atoms with Gasteiger partial charge in [0.2, 0.25) is 11.6 Å². The minimum atomic E-state index is -3.60. The molecule has 0 saturated carbocycles. The zero-order chi connectivity index (χ0) is 24.5. The lowest BCUT2D eigenvalue weighted by atomic mass is 9.93. The zero-order valence-corrected chi connectivity index (χ0v) is 19.5. The highest BCUT2D eigenvalue weighted by Crippen LogP contribution is 2.37. The summed E-state index contributed by atoms with van der Waals surface area (Å²) in [4.78, 5) is 21.1. The predicted molar refractivity (Wildman–Crippen MR) is 124 cm³/mol. The summed E-state index contributed by atoms with van der Waals surface area (Å²) in [5, 5.41) is 22.0. The fourth-order valence-corrected chi connectivity index (χ4v) is 4.61. The molecule has 1 saturated heterocycles. The summed E-state index contributed by atoms with van der Waals surface area (Å²) in [5.74, 6) is -0.661. The number of aromatic amines is 1. The van der Waals surface area contributed by atoms with Crippen LogP contribution in [0.15, 0.2) is 35.5 Å². The second kappa shape index (κ2) is 9.33. The molecule has 34 heavy (non-hydrogen) atoms. The topological polar surface area (TPSA) is 147 Å². The van der Waals surface area contributed by atoms with Gasteiger partial charge in [-0.3, -0.25) is 15.2 Å². The van der Waals surface area contributed by atoms with Crippen LogP contribution in [-0.2, 0) is 16.3 Å². The first-order valence-corrected chi connectivity index (χ1v) is 12.6. The van der Waals surface area contributed by atoms with Crippen LogP contribution in [0.1, 0.15) is 37.1 Å². The van der Waals surface area contributed by atoms with Crippen molar-refractivity contribution in [3.8, 4) is 0 Å². The number of H-pyrrole nitrogens is 1. The number of benzene rings is 1. The smallest absolute Gasteiger partial charge is 0.351 e. The fourth-order valence-electron chi connectivity index (χ4n) is 3.97. The van der Waals surface area contributed by atoms with E-state index < -0.39 is 20.6 Å². The van der Waals surface area contributed by atoms with E-state index in [9.17, 15) is 22.9 Å². The number of nitro groups is 1. The van der Waals surface area contributed by atoms with Crippen molar-refractivity contribution >= 4 is 32.8 Å². The van der Waals surface area contributed by atoms with Crippen LogP contribution in [0.2, 0.25) is 0 Å². The van der Waals surface area contributed by atoms with Crippen LogP contribution in [-0.4, -0.2) is 52.9 Å². The molecule has 13 heteroatoms. The Morgan fingerprint density at radius 2 is 2.00 bits per heavy atom. The van der Waals surface area contributed by atoms with Crippen molar-refractivity contribution in [2.24, 2.45) is 0 Å². The van der Waals surface area contributed by atoms with E-state index in [1.807, 2.05) is 11.8 Å². The number of nitrogens with zero attached hydrogens (tertiary/aromatic N) is 5. The number of aryl methyl sites for hydroxylation is 1. The molecule has 2 N–H and O–H groups in total. The minimum absolute atomic E-state index is 0.135. The molecule has 0 bridgehead atoms. The number of aromatic nitrogens is 4. The third-order valence-electron chi connectivity index (χ3n) is 5.85. The monoisotopic (exact) mass is 489 g/mol. The van der Waals surface area contributed by atoms with Gasteiger partial charge in [0.1, 0.15) is 12.1 Å². The van der Waals surface area contributed by atoms with E-state index in [2.05, 4.69) is 31.5 Å². The average molecular weight is 490 g/mol. The highest BCUT2D eigenvalue weighted by atomic mass is 32.2. The van der Waals surface area contributed by atoms with Gasteiger partial charge in [0.25, 0.3) is 0 Å². The molecule has 0 spiro atoms. The van der Waals surface area contributed by atoms with Crippen molar-refractivity contribution in [1.29, 1.82) is 0 Å². The average Bonchev–Trinajstić information content (AvgIpc) is 3.29. The van der Waals surface area contributed by atoms with Crippen LogP contribution in [0.5, 0.6) is 0 Å². The molecule has 0 amide bonds. The van der Waals surface area contributed by atoms with Crippen molar-refractivity contribution in [2.75, 3.05) is 29.6 Å². The first-order chi connectivity index (χ1) is 16.2. The number of anilines is 3. The summed E-state index contributed by atoms with van der Waals surface area (Å²) in [6, 6.07) is 5.34. The Kier molecular flexibility index (Phi) is 6.46. The number of nitrogens with one attached hydrogen (secondary N) is 2. The Morgan fingerprint density at radius 1 is 1.26 bits per heavy atom. The van der Waals surface area contributed by atoms with Gasteiger partial charge in [-0.2, -0.15) is 5.10 Å². The molecule has 3 heterocycles. The van der Waals surface area contributed by atoms with Gasteiger partial charge in [0.05, 0.1) is 21.2 Å². The number of sulfone groups is 1. The molecular weight excluding hydrogens is 465 g/mol. The molecule has 1 fully saturated rings. The summed E-state index contributed by atoms with van der Waals surface area (Å²) in [7, 11) is -3.60. The second-order valence-corrected chi connectivity index (χ2v) is 10.1. The van der Waals surface area contributed by atoms with Gasteiger partial charge in [0, 0.05) is 31.0 Å². The largest absolute Gasteiger partial charge is 0.353 e. The molecule has 0 radical (unpaired) electrons. The van der Waals surface area contributed by atoms with E-state index in [-0.39, 0.29) is 33.8 Å². The van der Waals surface area contributed by atoms with Crippen LogP contribution >= 0.6 is 0 Å². The lowest BCUT2D eigenvalue weighted by molar-refractivity contribution is -0.383. The van der Waals surface area contributed by atoms with Crippen LogP contribution < -0.4 is 10.2 Å². The van der Waals surface area contributed by atoms with Gasteiger partial charge in [-0.1, -0.05) is 6.92 Å². The summed E-state index contributed by atoms with van der Waals surface area (Å²) < 4.78 is 37.8. The molecule has 1 aliphatic rings. The summed E-state index contributed by atoms with van der Waals surface area (Å²) >= 11 is 0. The van der Waals surface area contributed by atoms with Crippen molar-refractivity contribution in [3.63, 3.8) is 0 Å². The quantitative estimate of drug-likeness (QED) is 0.377. The van der Waals surface area contributed by atoms with Crippen molar-refractivity contribution in [3.05, 3.63) is 57.9 Å². The van der Waals surface area contributed by atoms with E-state index in [1.165, 1.54) is 18.5 Å². The van der Waals surface area contributed by atoms with E-state index in [0.717, 1.165) is 43.0 Å². The van der Waals surface area contributed by atoms with Gasteiger partial charge in [-0.25, -0.2) is 22.8 Å². The van der Waals surface area contributed by atoms with Gasteiger partial charge < -0.3 is 10.2 Å². The fraction of sp³-hybridized carbons (Fsp3) is 0.381. The molecular formula is C21H24FN7O4S. The first-order valence-electron chi connectivity index (χ1n) is 10.7. The van der Waals surface area contributed by atoms with E-state index in [1.54, 1.807) is 0 Å². The maximum atomic E-state index is 14.5. The normalized spacial score (nSPS) is 14.9. The van der Waals surface area contributed by atoms with Crippen molar-refractivity contribution in [1.82, 2.24) is 20.2 Å². The molecule has 180 valence electrons. The van der Waals surface area contributed by atoms with Gasteiger partial charge in [-0.15, -0.1) is 0 Å². The molecule has 11 nitrogen and oxygen atoms in total. The van der Waals surface area contributed by atoms with E-state index in [0.29, 0.717) is 13.1 Å². The summed E-state index contributed by atoms with van der Waals surface area (Å²) in [6.45, 7) is 3.12. The Hall–Kier alpha value is -3.61. The number of halogens is 1. The Balaban J connectivity index is 1.57. The number of piperidine rings is 1. The third kappa shape index (κ3) is 4.83. The minimum Gasteiger partial charge on any atom is -0.351 e. The van der Waals surface area contributed by atoms with E-state index in [4.69, 9.17) is 0 Å². The van der Waals surface area contributed by atoms with Gasteiger partial charge in [-0.05, 0) is 43.5 Å². The molecule has 1 aliphatic heterocycles. The maximum absolute atomic E-state index is 14.5. The van der Waals surface area contributed by atoms with Crippen LogP contribution in [0.3, 0.4) is 0 Å². The van der Waals surface area contributed by atoms with Gasteiger partial charge >= 0.3 is 5.69 Å². The predicted octanol–water partition coefficient (Wildman–Crippen LogP) is 3.34. The van der Waals surface area contributed by atoms with Gasteiger partial charge in [0.15, 0.2) is 9.84 Å². The Morgan fingerprint density at radius 3 is 2.59 bits per heavy atom. The molecule has 0 atom stereocenters. The molecule has 3 aromatic rings. The van der Waals surface area contributed by atoms with Crippen LogP contribution in [0.25, 0.3) is 0 Å². The number of hydrogen-bond donors (Lipinski definition) is 2. The van der Waals surface area contributed by atoms with Crippen LogP contribution in [0.4, 0.5) is 27.4 Å². The molecule has 4 rings (SSSR count). The highest BCUT2D eigenvalue weighted by molar-refractivity contribution is 7.90. The lowest BCUT2D eigenvalue weighted by Crippen LogP contribution is -2.34. The molecule has 0 aliphatic carbocycles. The standard InChI is InChI=1S/C21H24FN7O4S/c1-3-14-10-18(27-26-14)13-6-8-28(9-7-13)21-19(29(30)31)20(23-12-24-21)25-17-5-4-15(11-16(17)22)34(2,32)33/h4-5,10-13H,3,6-9H2,1-2H3,(H,26,27)(H,23,24,25). The molecule has 1 aromatic carbocycles. The Labute approximate surface area is 195 Å². The zero-order valence-electron chi connectivity index (χ0n) is 18.7. The van der Waals surface area contributed by atoms with Crippen LogP contribution in [0, 0.1) is 15.9 Å². The van der Waals surface area contributed by atoms with E-state index >= 15 is 0 Å². The maximum Gasteiger partial charge on any atom is 0.353 e. The molecule has 0 unspecified atom stereocenters. The Bertz CT molecular complexity index is 1320. The lowest BCUT2D eigenvalue weighted by Gasteiger charge is -2.31. The van der Waals surface area contributed by atoms with Crippen molar-refractivity contribution in [2.45, 2.75) is 37.0 Å². The number of rotatable bonds is 7. The first kappa shape index (κ1) is 23.5. The van der Waals surface area contributed by atoms with Crippen molar-refractivity contribution < 1.29 is 17.7 Å². The highest BCUT2D eigenvalue weighted by Gasteiger charge is 2.31. The number of hydrogen-bond acceptors (Lipinski definition) is 9. The molecule has 2 aromatic heterocycles. The summed E-state index contributed by atoms with van der Waals surface area (Å²) in [6.07, 6.45) is 4.51. The summed E-state index contributed by atoms with van der Waals surface area (Å²) in [5.41, 5.74) is 1.55.